The second kappa shape index (κ2) is 6.19. The van der Waals surface area contributed by atoms with Crippen LogP contribution >= 0.6 is 11.3 Å². The molecule has 0 aliphatic rings. The molecule has 1 amide bonds. The Morgan fingerprint density at radius 3 is 2.95 bits per heavy atom. The first kappa shape index (κ1) is 13.3. The van der Waals surface area contributed by atoms with E-state index >= 15 is 0 Å². The van der Waals surface area contributed by atoms with Gasteiger partial charge in [-0.2, -0.15) is 11.3 Å². The molecule has 0 atom stereocenters. The summed E-state index contributed by atoms with van der Waals surface area (Å²) in [7, 11) is 0. The molecule has 0 bridgehead atoms. The van der Waals surface area contributed by atoms with E-state index < -0.39 is 0 Å². The van der Waals surface area contributed by atoms with Crippen molar-refractivity contribution in [2.24, 2.45) is 0 Å². The van der Waals surface area contributed by atoms with Crippen LogP contribution in [0, 0.1) is 18.8 Å². The minimum Gasteiger partial charge on any atom is -0.384 e. The maximum atomic E-state index is 12.0. The molecule has 0 spiro atoms. The average Bonchev–Trinajstić information content (AvgIpc) is 2.93. The highest BCUT2D eigenvalue weighted by Gasteiger charge is 2.08. The Labute approximate surface area is 115 Å². The van der Waals surface area contributed by atoms with Crippen LogP contribution in [0.15, 0.2) is 35.0 Å². The van der Waals surface area contributed by atoms with Crippen molar-refractivity contribution in [3.05, 3.63) is 51.7 Å². The highest BCUT2D eigenvalue weighted by molar-refractivity contribution is 7.08. The smallest absolute Gasteiger partial charge is 0.256 e. The summed E-state index contributed by atoms with van der Waals surface area (Å²) in [5.74, 6) is 5.28. The standard InChI is InChI=1S/C15H13NO2S/c1-11-4-5-14(12(9-11)3-2-7-17)16-15(18)13-6-8-19-10-13/h4-6,8-10,17H,7H2,1H3,(H,16,18). The van der Waals surface area contributed by atoms with E-state index in [0.717, 1.165) is 5.56 Å². The number of nitrogens with one attached hydrogen (secondary N) is 1. The van der Waals surface area contributed by atoms with Gasteiger partial charge in [0.25, 0.3) is 5.91 Å². The van der Waals surface area contributed by atoms with Gasteiger partial charge in [-0.1, -0.05) is 17.9 Å². The monoisotopic (exact) mass is 271 g/mol. The summed E-state index contributed by atoms with van der Waals surface area (Å²) in [5.41, 5.74) is 3.04. The quantitative estimate of drug-likeness (QED) is 0.825. The Hall–Kier alpha value is -2.09. The number of anilines is 1. The third-order valence-electron chi connectivity index (χ3n) is 2.51. The minimum absolute atomic E-state index is 0.155. The molecule has 4 heteroatoms. The Balaban J connectivity index is 2.27. The van der Waals surface area contributed by atoms with E-state index in [1.165, 1.54) is 11.3 Å². The van der Waals surface area contributed by atoms with E-state index in [-0.39, 0.29) is 12.5 Å². The number of hydrogen-bond donors (Lipinski definition) is 2. The molecule has 0 aliphatic carbocycles. The van der Waals surface area contributed by atoms with Crippen molar-refractivity contribution in [2.75, 3.05) is 11.9 Å². The van der Waals surface area contributed by atoms with Crippen LogP contribution in [0.25, 0.3) is 0 Å². The summed E-state index contributed by atoms with van der Waals surface area (Å²) < 4.78 is 0. The van der Waals surface area contributed by atoms with Crippen LogP contribution in [0.5, 0.6) is 0 Å². The lowest BCUT2D eigenvalue weighted by molar-refractivity contribution is 0.102. The highest BCUT2D eigenvalue weighted by Crippen LogP contribution is 2.18. The lowest BCUT2D eigenvalue weighted by atomic mass is 10.1. The molecule has 0 radical (unpaired) electrons. The number of aliphatic hydroxyl groups excluding tert-OH is 1. The van der Waals surface area contributed by atoms with Gasteiger partial charge in [-0.05, 0) is 36.1 Å². The number of carbonyl (C=O) groups is 1. The summed E-state index contributed by atoms with van der Waals surface area (Å²) in [5, 5.41) is 15.2. The minimum atomic E-state index is -0.203. The molecular formula is C15H13NO2S. The largest absolute Gasteiger partial charge is 0.384 e. The van der Waals surface area contributed by atoms with E-state index in [1.54, 1.807) is 11.4 Å². The Kier molecular flexibility index (Phi) is 4.35. The van der Waals surface area contributed by atoms with Crippen LogP contribution in [0.3, 0.4) is 0 Å². The van der Waals surface area contributed by atoms with E-state index in [2.05, 4.69) is 17.2 Å². The van der Waals surface area contributed by atoms with E-state index in [4.69, 9.17) is 5.11 Å². The second-order valence-corrected chi connectivity index (χ2v) is 4.76. The highest BCUT2D eigenvalue weighted by atomic mass is 32.1. The van der Waals surface area contributed by atoms with Crippen LogP contribution in [0.1, 0.15) is 21.5 Å². The lowest BCUT2D eigenvalue weighted by Gasteiger charge is -2.07. The molecule has 1 heterocycles. The number of thiophene rings is 1. The molecule has 2 N–H and O–H groups in total. The number of rotatable bonds is 2. The van der Waals surface area contributed by atoms with Gasteiger partial charge in [0.1, 0.15) is 6.61 Å². The summed E-state index contributed by atoms with van der Waals surface area (Å²) in [6.07, 6.45) is 0. The Morgan fingerprint density at radius 2 is 2.26 bits per heavy atom. The molecule has 1 aromatic heterocycles. The normalized spacial score (nSPS) is 9.58. The zero-order chi connectivity index (χ0) is 13.7. The fraction of sp³-hybridized carbons (Fsp3) is 0.133. The van der Waals surface area contributed by atoms with Gasteiger partial charge >= 0.3 is 0 Å². The van der Waals surface area contributed by atoms with E-state index in [9.17, 15) is 4.79 Å². The van der Waals surface area contributed by atoms with Crippen molar-refractivity contribution in [1.82, 2.24) is 0 Å². The molecule has 1 aromatic carbocycles. The average molecular weight is 271 g/mol. The molecule has 0 unspecified atom stereocenters. The number of hydrogen-bond acceptors (Lipinski definition) is 3. The Bertz CT molecular complexity index is 636. The van der Waals surface area contributed by atoms with Gasteiger partial charge in [-0.3, -0.25) is 4.79 Å². The molecule has 96 valence electrons. The second-order valence-electron chi connectivity index (χ2n) is 3.98. The summed E-state index contributed by atoms with van der Waals surface area (Å²) in [6.45, 7) is 1.75. The van der Waals surface area contributed by atoms with Gasteiger partial charge in [0.2, 0.25) is 0 Å². The lowest BCUT2D eigenvalue weighted by Crippen LogP contribution is -2.11. The first-order valence-corrected chi connectivity index (χ1v) is 6.69. The fourth-order valence-corrected chi connectivity index (χ4v) is 2.23. The summed E-state index contributed by atoms with van der Waals surface area (Å²) in [4.78, 5) is 12.0. The third-order valence-corrected chi connectivity index (χ3v) is 3.19. The number of aryl methyl sites for hydroxylation is 1. The van der Waals surface area contributed by atoms with Crippen molar-refractivity contribution in [3.63, 3.8) is 0 Å². The van der Waals surface area contributed by atoms with Crippen LogP contribution in [0.4, 0.5) is 5.69 Å². The molecule has 0 aliphatic heterocycles. The zero-order valence-electron chi connectivity index (χ0n) is 10.4. The molecule has 0 saturated carbocycles. The predicted octanol–water partition coefficient (Wildman–Crippen LogP) is 2.65. The van der Waals surface area contributed by atoms with Gasteiger partial charge in [0.05, 0.1) is 11.3 Å². The van der Waals surface area contributed by atoms with Gasteiger partial charge in [-0.25, -0.2) is 0 Å². The van der Waals surface area contributed by atoms with Crippen molar-refractivity contribution in [1.29, 1.82) is 0 Å². The van der Waals surface area contributed by atoms with E-state index in [1.807, 2.05) is 30.5 Å². The summed E-state index contributed by atoms with van der Waals surface area (Å²) in [6, 6.07) is 7.38. The van der Waals surface area contributed by atoms with Crippen LogP contribution in [-0.2, 0) is 0 Å². The SMILES string of the molecule is Cc1ccc(NC(=O)c2ccsc2)c(C#CCO)c1. The first-order valence-electron chi connectivity index (χ1n) is 5.74. The number of aliphatic hydroxyl groups is 1. The van der Waals surface area contributed by atoms with Gasteiger partial charge in [0.15, 0.2) is 0 Å². The van der Waals surface area contributed by atoms with Gasteiger partial charge in [0, 0.05) is 10.9 Å². The third kappa shape index (κ3) is 3.44. The molecule has 3 nitrogen and oxygen atoms in total. The zero-order valence-corrected chi connectivity index (χ0v) is 11.3. The van der Waals surface area contributed by atoms with Crippen LogP contribution in [-0.4, -0.2) is 17.6 Å². The fourth-order valence-electron chi connectivity index (χ4n) is 1.59. The molecular weight excluding hydrogens is 258 g/mol. The maximum Gasteiger partial charge on any atom is 0.256 e. The van der Waals surface area contributed by atoms with Gasteiger partial charge < -0.3 is 10.4 Å². The molecule has 19 heavy (non-hydrogen) atoms. The molecule has 2 aromatic rings. The molecule has 0 fully saturated rings. The maximum absolute atomic E-state index is 12.0. The first-order chi connectivity index (χ1) is 9.20. The van der Waals surface area contributed by atoms with Gasteiger partial charge in [-0.15, -0.1) is 0 Å². The molecule has 2 rings (SSSR count). The van der Waals surface area contributed by atoms with Crippen LogP contribution in [0.2, 0.25) is 0 Å². The van der Waals surface area contributed by atoms with Crippen molar-refractivity contribution in [3.8, 4) is 11.8 Å². The van der Waals surface area contributed by atoms with Crippen molar-refractivity contribution >= 4 is 22.9 Å². The topological polar surface area (TPSA) is 49.3 Å². The number of amides is 1. The molecule has 0 saturated heterocycles. The predicted molar refractivity (Wildman–Crippen MR) is 77.4 cm³/mol. The number of carbonyl (C=O) groups excluding carboxylic acids is 1. The summed E-state index contributed by atoms with van der Waals surface area (Å²) >= 11 is 1.48. The van der Waals surface area contributed by atoms with E-state index in [0.29, 0.717) is 16.8 Å². The Morgan fingerprint density at radius 1 is 1.42 bits per heavy atom. The number of benzene rings is 1. The van der Waals surface area contributed by atoms with Crippen molar-refractivity contribution < 1.29 is 9.90 Å². The van der Waals surface area contributed by atoms with Crippen molar-refractivity contribution in [2.45, 2.75) is 6.92 Å². The van der Waals surface area contributed by atoms with Crippen LogP contribution < -0.4 is 5.32 Å².